The summed E-state index contributed by atoms with van der Waals surface area (Å²) in [7, 11) is 4.00. The molecule has 0 saturated carbocycles. The van der Waals surface area contributed by atoms with Crippen molar-refractivity contribution in [3.63, 3.8) is 0 Å². The van der Waals surface area contributed by atoms with E-state index >= 15 is 0 Å². The Balaban J connectivity index is 1.75. The minimum atomic E-state index is -0.493. The second-order valence-corrected chi connectivity index (χ2v) is 7.45. The summed E-state index contributed by atoms with van der Waals surface area (Å²) < 4.78 is 0. The number of carbonyl (C=O) groups is 2. The summed E-state index contributed by atoms with van der Waals surface area (Å²) in [5, 5.41) is 3.02. The molecule has 1 heterocycles. The molecule has 2 amide bonds. The zero-order valence-electron chi connectivity index (χ0n) is 16.9. The van der Waals surface area contributed by atoms with Crippen LogP contribution in [0.15, 0.2) is 48.5 Å². The minimum absolute atomic E-state index is 0.0299. The molecular formula is C23H29N3O2. The number of nitrogens with zero attached hydrogens (tertiary/aromatic N) is 2. The number of nitrogens with one attached hydrogen (secondary N) is 1. The minimum Gasteiger partial charge on any atom is -0.378 e. The Hall–Kier alpha value is -2.82. The molecule has 1 aliphatic rings. The topological polar surface area (TPSA) is 52.7 Å². The Morgan fingerprint density at radius 2 is 1.82 bits per heavy atom. The first kappa shape index (κ1) is 19.9. The fourth-order valence-corrected chi connectivity index (χ4v) is 3.69. The average molecular weight is 380 g/mol. The first-order chi connectivity index (χ1) is 13.5. The maximum atomic E-state index is 13.0. The zero-order chi connectivity index (χ0) is 20.1. The van der Waals surface area contributed by atoms with E-state index in [1.807, 2.05) is 68.4 Å². The number of para-hydroxylation sites is 1. The van der Waals surface area contributed by atoms with Crippen LogP contribution < -0.4 is 15.1 Å². The molecule has 5 heteroatoms. The molecule has 0 fully saturated rings. The Morgan fingerprint density at radius 3 is 2.50 bits per heavy atom. The van der Waals surface area contributed by atoms with Crippen LogP contribution in [0.3, 0.4) is 0 Å². The lowest BCUT2D eigenvalue weighted by Gasteiger charge is -2.30. The molecule has 0 bridgehead atoms. The summed E-state index contributed by atoms with van der Waals surface area (Å²) in [6, 6.07) is 15.5. The van der Waals surface area contributed by atoms with Crippen molar-refractivity contribution in [1.82, 2.24) is 5.32 Å². The molecule has 0 saturated heterocycles. The third-order valence-corrected chi connectivity index (χ3v) is 5.28. The molecule has 1 unspecified atom stereocenters. The molecule has 5 nitrogen and oxygen atoms in total. The predicted molar refractivity (Wildman–Crippen MR) is 114 cm³/mol. The van der Waals surface area contributed by atoms with Crippen LogP contribution in [-0.4, -0.2) is 32.0 Å². The molecule has 3 rings (SSSR count). The van der Waals surface area contributed by atoms with Crippen LogP contribution in [0.5, 0.6) is 0 Å². The summed E-state index contributed by atoms with van der Waals surface area (Å²) in [5.41, 5.74) is 4.17. The average Bonchev–Trinajstić information content (AvgIpc) is 2.86. The van der Waals surface area contributed by atoms with Crippen molar-refractivity contribution in [2.75, 3.05) is 23.9 Å². The van der Waals surface area contributed by atoms with Crippen molar-refractivity contribution in [1.29, 1.82) is 0 Å². The number of anilines is 2. The van der Waals surface area contributed by atoms with Crippen LogP contribution in [-0.2, 0) is 22.6 Å². The standard InChI is InChI=1S/C23H29N3O2/c1-4-20(23(28)24-16-17-12-14-19(15-13-17)25(2)3)26-21-10-6-5-8-18(21)9-7-11-22(26)27/h5-6,8,10,12-15,20H,4,7,9,11,16H2,1-3H3,(H,24,28). The lowest BCUT2D eigenvalue weighted by atomic mass is 10.1. The number of rotatable bonds is 6. The number of carbonyl (C=O) groups excluding carboxylic acids is 2. The monoisotopic (exact) mass is 379 g/mol. The van der Waals surface area contributed by atoms with Gasteiger partial charge in [-0.15, -0.1) is 0 Å². The van der Waals surface area contributed by atoms with Crippen LogP contribution in [0.1, 0.15) is 37.3 Å². The SMILES string of the molecule is CCC(C(=O)NCc1ccc(N(C)C)cc1)N1C(=O)CCCc2ccccc21. The van der Waals surface area contributed by atoms with E-state index in [0.29, 0.717) is 19.4 Å². The van der Waals surface area contributed by atoms with E-state index in [4.69, 9.17) is 0 Å². The molecule has 28 heavy (non-hydrogen) atoms. The van der Waals surface area contributed by atoms with E-state index in [9.17, 15) is 9.59 Å². The third-order valence-electron chi connectivity index (χ3n) is 5.28. The highest BCUT2D eigenvalue weighted by atomic mass is 16.2. The van der Waals surface area contributed by atoms with Crippen LogP contribution in [0.25, 0.3) is 0 Å². The van der Waals surface area contributed by atoms with E-state index in [2.05, 4.69) is 11.4 Å². The van der Waals surface area contributed by atoms with Crippen LogP contribution >= 0.6 is 0 Å². The molecule has 1 atom stereocenters. The second-order valence-electron chi connectivity index (χ2n) is 7.45. The molecule has 1 aliphatic heterocycles. The fraction of sp³-hybridized carbons (Fsp3) is 0.391. The first-order valence-corrected chi connectivity index (χ1v) is 9.95. The lowest BCUT2D eigenvalue weighted by Crippen LogP contribution is -2.49. The number of benzene rings is 2. The molecule has 0 radical (unpaired) electrons. The van der Waals surface area contributed by atoms with Gasteiger partial charge in [-0.3, -0.25) is 14.5 Å². The van der Waals surface area contributed by atoms with Gasteiger partial charge in [-0.2, -0.15) is 0 Å². The largest absolute Gasteiger partial charge is 0.378 e. The quantitative estimate of drug-likeness (QED) is 0.836. The van der Waals surface area contributed by atoms with Gasteiger partial charge in [-0.1, -0.05) is 37.3 Å². The molecule has 148 valence electrons. The summed E-state index contributed by atoms with van der Waals surface area (Å²) in [5.74, 6) is -0.0773. The number of aryl methyl sites for hydroxylation is 1. The maximum Gasteiger partial charge on any atom is 0.243 e. The van der Waals surface area contributed by atoms with Gasteiger partial charge < -0.3 is 10.2 Å². The molecule has 2 aromatic carbocycles. The Kier molecular flexibility index (Phi) is 6.34. The fourth-order valence-electron chi connectivity index (χ4n) is 3.69. The van der Waals surface area contributed by atoms with Crippen molar-refractivity contribution in [2.24, 2.45) is 0 Å². The number of hydrogen-bond acceptors (Lipinski definition) is 3. The first-order valence-electron chi connectivity index (χ1n) is 9.95. The maximum absolute atomic E-state index is 13.0. The summed E-state index contributed by atoms with van der Waals surface area (Å²) in [6.45, 7) is 2.41. The molecule has 2 aromatic rings. The van der Waals surface area contributed by atoms with E-state index in [1.165, 1.54) is 0 Å². The molecule has 0 aromatic heterocycles. The Labute approximate surface area is 167 Å². The van der Waals surface area contributed by atoms with Gasteiger partial charge in [-0.25, -0.2) is 0 Å². The second kappa shape index (κ2) is 8.91. The Morgan fingerprint density at radius 1 is 1.11 bits per heavy atom. The normalized spacial score (nSPS) is 14.8. The van der Waals surface area contributed by atoms with Crippen LogP contribution in [0, 0.1) is 0 Å². The van der Waals surface area contributed by atoms with Crippen LogP contribution in [0.4, 0.5) is 11.4 Å². The van der Waals surface area contributed by atoms with Crippen molar-refractivity contribution in [3.8, 4) is 0 Å². The zero-order valence-corrected chi connectivity index (χ0v) is 16.9. The predicted octanol–water partition coefficient (Wildman–Crippen LogP) is 3.52. The van der Waals surface area contributed by atoms with Crippen molar-refractivity contribution >= 4 is 23.2 Å². The van der Waals surface area contributed by atoms with Gasteiger partial charge in [0.15, 0.2) is 0 Å². The van der Waals surface area contributed by atoms with Gasteiger partial charge in [0, 0.05) is 38.4 Å². The molecular weight excluding hydrogens is 350 g/mol. The van der Waals surface area contributed by atoms with Gasteiger partial charge >= 0.3 is 0 Å². The van der Waals surface area contributed by atoms with E-state index in [1.54, 1.807) is 4.90 Å². The van der Waals surface area contributed by atoms with Gasteiger partial charge in [0.05, 0.1) is 0 Å². The molecule has 0 aliphatic carbocycles. The van der Waals surface area contributed by atoms with E-state index in [-0.39, 0.29) is 11.8 Å². The number of fused-ring (bicyclic) bond motifs is 1. The summed E-state index contributed by atoms with van der Waals surface area (Å²) in [4.78, 5) is 29.5. The number of amides is 2. The molecule has 0 spiro atoms. The van der Waals surface area contributed by atoms with E-state index < -0.39 is 6.04 Å². The molecule has 1 N–H and O–H groups in total. The van der Waals surface area contributed by atoms with Crippen molar-refractivity contribution in [3.05, 3.63) is 59.7 Å². The van der Waals surface area contributed by atoms with Crippen LogP contribution in [0.2, 0.25) is 0 Å². The highest BCUT2D eigenvalue weighted by Crippen LogP contribution is 2.29. The van der Waals surface area contributed by atoms with Gasteiger partial charge in [0.2, 0.25) is 11.8 Å². The number of hydrogen-bond donors (Lipinski definition) is 1. The van der Waals surface area contributed by atoms with Gasteiger partial charge in [0.1, 0.15) is 6.04 Å². The lowest BCUT2D eigenvalue weighted by molar-refractivity contribution is -0.126. The highest BCUT2D eigenvalue weighted by molar-refractivity contribution is 6.01. The smallest absolute Gasteiger partial charge is 0.243 e. The Bertz CT molecular complexity index is 830. The third kappa shape index (κ3) is 4.35. The van der Waals surface area contributed by atoms with Crippen molar-refractivity contribution < 1.29 is 9.59 Å². The summed E-state index contributed by atoms with van der Waals surface area (Å²) in [6.07, 6.45) is 2.74. The van der Waals surface area contributed by atoms with E-state index in [0.717, 1.165) is 35.3 Å². The summed E-state index contributed by atoms with van der Waals surface area (Å²) >= 11 is 0. The van der Waals surface area contributed by atoms with Gasteiger partial charge in [-0.05, 0) is 48.6 Å². The van der Waals surface area contributed by atoms with Crippen molar-refractivity contribution in [2.45, 2.75) is 45.2 Å². The van der Waals surface area contributed by atoms with Gasteiger partial charge in [0.25, 0.3) is 0 Å². The highest BCUT2D eigenvalue weighted by Gasteiger charge is 2.32.